The smallest absolute Gasteiger partial charge is 0.283 e. The van der Waals surface area contributed by atoms with Crippen LogP contribution in [0.5, 0.6) is 0 Å². The molecule has 1 aromatic heterocycles. The summed E-state index contributed by atoms with van der Waals surface area (Å²) in [6, 6.07) is 7.41. The van der Waals surface area contributed by atoms with Gasteiger partial charge in [-0.15, -0.1) is 5.10 Å². The van der Waals surface area contributed by atoms with Crippen molar-refractivity contribution in [2.24, 2.45) is 10.1 Å². The number of carbonyl (C=O) groups is 1. The molecule has 0 aliphatic carbocycles. The van der Waals surface area contributed by atoms with Crippen LogP contribution in [0.2, 0.25) is 10.0 Å². The Hall–Kier alpha value is -2.00. The molecule has 154 valence electrons. The van der Waals surface area contributed by atoms with E-state index in [4.69, 9.17) is 28.6 Å². The minimum absolute atomic E-state index is 0.0230. The highest BCUT2D eigenvalue weighted by molar-refractivity contribution is 8.45. The largest absolute Gasteiger partial charge is 0.316 e. The predicted octanol–water partition coefficient (Wildman–Crippen LogP) is 5.73. The molecule has 6 nitrogen and oxygen atoms in total. The number of hydrogen-bond acceptors (Lipinski definition) is 5. The summed E-state index contributed by atoms with van der Waals surface area (Å²) in [6.45, 7) is 5.91. The van der Waals surface area contributed by atoms with Gasteiger partial charge in [-0.2, -0.15) is 10.0 Å². The molecule has 0 saturated heterocycles. The molecule has 0 radical (unpaired) electrons. The van der Waals surface area contributed by atoms with E-state index in [1.165, 1.54) is 16.8 Å². The van der Waals surface area contributed by atoms with Gasteiger partial charge in [-0.25, -0.2) is 0 Å². The van der Waals surface area contributed by atoms with Gasteiger partial charge >= 0.3 is 0 Å². The quantitative estimate of drug-likeness (QED) is 0.572. The number of halogens is 2. The van der Waals surface area contributed by atoms with E-state index < -0.39 is 5.91 Å². The molecule has 4 rings (SSSR count). The molecule has 3 heterocycles. The molecule has 0 unspecified atom stereocenters. The van der Waals surface area contributed by atoms with Gasteiger partial charge in [0.05, 0.1) is 21.3 Å². The Labute approximate surface area is 192 Å². The van der Waals surface area contributed by atoms with Crippen molar-refractivity contribution < 1.29 is 4.79 Å². The third-order valence-corrected chi connectivity index (χ3v) is 7.38. The molecule has 0 fully saturated rings. The summed E-state index contributed by atoms with van der Waals surface area (Å²) < 4.78 is 2.76. The maximum atomic E-state index is 12.6. The fourth-order valence-corrected chi connectivity index (χ4v) is 5.49. The van der Waals surface area contributed by atoms with Gasteiger partial charge < -0.3 is 4.57 Å². The van der Waals surface area contributed by atoms with E-state index in [2.05, 4.69) is 10.1 Å². The number of amidine groups is 2. The van der Waals surface area contributed by atoms with E-state index in [0.29, 0.717) is 15.2 Å². The highest BCUT2D eigenvalue weighted by Crippen LogP contribution is 2.34. The number of hydrogen-bond donors (Lipinski definition) is 1. The van der Waals surface area contributed by atoms with Crippen molar-refractivity contribution in [2.75, 3.05) is 5.75 Å². The number of nitrogens with zero attached hydrogens (tertiary/aromatic N) is 4. The van der Waals surface area contributed by atoms with Gasteiger partial charge in [0, 0.05) is 11.4 Å². The first-order valence-electron chi connectivity index (χ1n) is 9.08. The van der Waals surface area contributed by atoms with Crippen LogP contribution in [0, 0.1) is 19.3 Å². The van der Waals surface area contributed by atoms with Gasteiger partial charge in [0.15, 0.2) is 10.2 Å². The first-order chi connectivity index (χ1) is 14.3. The fraction of sp³-hybridized carbons (Fsp3) is 0.200. The topological polar surface area (TPSA) is 73.8 Å². The summed E-state index contributed by atoms with van der Waals surface area (Å²) in [4.78, 5) is 16.8. The number of fused-ring (bicyclic) bond motifs is 1. The summed E-state index contributed by atoms with van der Waals surface area (Å²) in [5.41, 5.74) is 3.56. The van der Waals surface area contributed by atoms with Gasteiger partial charge in [0.25, 0.3) is 5.91 Å². The van der Waals surface area contributed by atoms with Crippen LogP contribution in [0.15, 0.2) is 39.9 Å². The van der Waals surface area contributed by atoms with Crippen molar-refractivity contribution in [3.8, 4) is 5.69 Å². The van der Waals surface area contributed by atoms with Crippen LogP contribution in [-0.2, 0) is 4.79 Å². The minimum atomic E-state index is -0.442. The van der Waals surface area contributed by atoms with Crippen molar-refractivity contribution >= 4 is 74.1 Å². The Morgan fingerprint density at radius 3 is 2.80 bits per heavy atom. The van der Waals surface area contributed by atoms with E-state index in [9.17, 15) is 4.79 Å². The van der Waals surface area contributed by atoms with Crippen LogP contribution < -0.4 is 0 Å². The number of benzene rings is 1. The molecule has 0 bridgehead atoms. The van der Waals surface area contributed by atoms with E-state index >= 15 is 0 Å². The van der Waals surface area contributed by atoms with E-state index in [-0.39, 0.29) is 11.4 Å². The van der Waals surface area contributed by atoms with Crippen molar-refractivity contribution in [1.29, 1.82) is 5.41 Å². The number of thioether (sulfide) groups is 2. The van der Waals surface area contributed by atoms with Crippen LogP contribution in [0.1, 0.15) is 23.9 Å². The monoisotopic (exact) mass is 477 g/mol. The number of hydrazone groups is 1. The third kappa shape index (κ3) is 3.62. The van der Waals surface area contributed by atoms with Gasteiger partial charge in [-0.05, 0) is 61.2 Å². The van der Waals surface area contributed by atoms with Gasteiger partial charge in [-0.3, -0.25) is 10.2 Å². The highest BCUT2D eigenvalue weighted by Gasteiger charge is 2.35. The molecule has 0 atom stereocenters. The molecular weight excluding hydrogens is 461 g/mol. The lowest BCUT2D eigenvalue weighted by Crippen LogP contribution is -2.35. The summed E-state index contributed by atoms with van der Waals surface area (Å²) in [5, 5.41) is 15.7. The predicted molar refractivity (Wildman–Crippen MR) is 128 cm³/mol. The van der Waals surface area contributed by atoms with Crippen LogP contribution >= 0.6 is 46.7 Å². The van der Waals surface area contributed by atoms with E-state index in [0.717, 1.165) is 32.8 Å². The van der Waals surface area contributed by atoms with Crippen LogP contribution in [-0.4, -0.2) is 36.6 Å². The van der Waals surface area contributed by atoms with Crippen molar-refractivity contribution in [2.45, 2.75) is 20.8 Å². The number of nitrogens with one attached hydrogen (secondary N) is 1. The van der Waals surface area contributed by atoms with E-state index in [1.807, 2.05) is 43.5 Å². The molecule has 10 heteroatoms. The average molecular weight is 478 g/mol. The van der Waals surface area contributed by atoms with Crippen molar-refractivity contribution in [1.82, 2.24) is 9.58 Å². The number of amides is 1. The standard InChI is InChI=1S/C20H17Cl2N5OS2/c1-4-29-20-25-27-17(23)13(18(28)24-19(27)30-20)9-12-8-10(2)26(11(12)3)15-7-5-6-14(21)16(15)22/h5-9,23H,4H2,1-3H3. The van der Waals surface area contributed by atoms with E-state index in [1.54, 1.807) is 23.9 Å². The zero-order valence-corrected chi connectivity index (χ0v) is 19.5. The molecule has 1 N–H and O–H groups in total. The zero-order chi connectivity index (χ0) is 21.6. The maximum absolute atomic E-state index is 12.6. The number of aliphatic imine (C=N–C) groups is 1. The van der Waals surface area contributed by atoms with Crippen LogP contribution in [0.4, 0.5) is 0 Å². The lowest BCUT2D eigenvalue weighted by Gasteiger charge is -2.20. The molecule has 2 aliphatic heterocycles. The van der Waals surface area contributed by atoms with Gasteiger partial charge in [0.1, 0.15) is 0 Å². The number of aromatic nitrogens is 1. The molecule has 0 saturated carbocycles. The Balaban J connectivity index is 1.75. The van der Waals surface area contributed by atoms with Gasteiger partial charge in [0.2, 0.25) is 5.17 Å². The second-order valence-corrected chi connectivity index (χ2v) is 9.81. The molecule has 1 aromatic carbocycles. The normalized spacial score (nSPS) is 17.5. The molecule has 2 aliphatic rings. The minimum Gasteiger partial charge on any atom is -0.316 e. The zero-order valence-electron chi connectivity index (χ0n) is 16.4. The number of carbonyl (C=O) groups excluding carboxylic acids is 1. The summed E-state index contributed by atoms with van der Waals surface area (Å²) in [7, 11) is 0. The average Bonchev–Trinajstić information content (AvgIpc) is 3.22. The Morgan fingerprint density at radius 2 is 2.07 bits per heavy atom. The number of aryl methyl sites for hydroxylation is 1. The summed E-state index contributed by atoms with van der Waals surface area (Å²) in [6.07, 6.45) is 1.69. The number of rotatable bonds is 3. The molecule has 1 amide bonds. The van der Waals surface area contributed by atoms with Crippen molar-refractivity contribution in [3.05, 3.63) is 56.8 Å². The first kappa shape index (κ1) is 21.2. The maximum Gasteiger partial charge on any atom is 0.283 e. The SMILES string of the molecule is CCSC1=NN2C(=N)C(=Cc3cc(C)n(-c4cccc(Cl)c4Cl)c3C)C(=O)N=C2S1. The Bertz CT molecular complexity index is 1180. The summed E-state index contributed by atoms with van der Waals surface area (Å²) in [5.74, 6) is 0.437. The molecular formula is C20H17Cl2N5OS2. The highest BCUT2D eigenvalue weighted by atomic mass is 35.5. The molecule has 2 aromatic rings. The first-order valence-corrected chi connectivity index (χ1v) is 11.6. The van der Waals surface area contributed by atoms with Crippen molar-refractivity contribution in [3.63, 3.8) is 0 Å². The Kier molecular flexibility index (Phi) is 5.85. The van der Waals surface area contributed by atoms with Gasteiger partial charge in [-0.1, -0.05) is 48.0 Å². The lowest BCUT2D eigenvalue weighted by atomic mass is 10.1. The fourth-order valence-electron chi connectivity index (χ4n) is 3.28. The molecule has 30 heavy (non-hydrogen) atoms. The summed E-state index contributed by atoms with van der Waals surface area (Å²) >= 11 is 15.5. The molecule has 0 spiro atoms. The second-order valence-electron chi connectivity index (χ2n) is 6.55. The van der Waals surface area contributed by atoms with Crippen LogP contribution in [0.3, 0.4) is 0 Å². The van der Waals surface area contributed by atoms with Crippen LogP contribution in [0.25, 0.3) is 11.8 Å². The lowest BCUT2D eigenvalue weighted by molar-refractivity contribution is -0.114. The Morgan fingerprint density at radius 1 is 1.30 bits per heavy atom. The second kappa shape index (κ2) is 8.26. The third-order valence-electron chi connectivity index (χ3n) is 4.65.